The Kier molecular flexibility index (Phi) is 34.0. The number of aromatic nitrogens is 2. The van der Waals surface area contributed by atoms with Crippen molar-refractivity contribution < 1.29 is 67.7 Å². The third-order valence-corrected chi connectivity index (χ3v) is 14.6. The van der Waals surface area contributed by atoms with Gasteiger partial charge in [-0.05, 0) is 114 Å². The second-order valence-electron chi connectivity index (χ2n) is 22.7. The zero-order chi connectivity index (χ0) is 65.5. The number of unbranched alkanes of at least 4 members (excludes halogenated alkanes) is 1. The number of rotatable bonds is 41. The van der Waals surface area contributed by atoms with E-state index in [9.17, 15) is 67.7 Å². The molecule has 0 aromatic carbocycles. The lowest BCUT2D eigenvalue weighted by molar-refractivity contribution is -0.144. The Labute approximate surface area is 511 Å². The first-order valence-corrected chi connectivity index (χ1v) is 30.8. The Morgan fingerprint density at radius 2 is 1.24 bits per heavy atom. The van der Waals surface area contributed by atoms with Crippen molar-refractivity contribution in [2.75, 3.05) is 38.2 Å². The van der Waals surface area contributed by atoms with Gasteiger partial charge in [0.1, 0.15) is 54.4 Å². The number of guanidine groups is 1. The topological polar surface area (TPSA) is 502 Å². The third-order valence-electron chi connectivity index (χ3n) is 13.9. The largest absolute Gasteiger partial charge is 0.481 e. The maximum absolute atomic E-state index is 14.2. The van der Waals surface area contributed by atoms with Gasteiger partial charge in [-0.2, -0.15) is 11.8 Å². The van der Waals surface area contributed by atoms with E-state index in [1.54, 1.807) is 20.1 Å². The Hall–Kier alpha value is -7.61. The Bertz CT molecular complexity index is 2480. The van der Waals surface area contributed by atoms with Crippen LogP contribution in [0.4, 0.5) is 0 Å². The maximum atomic E-state index is 14.2. The number of nitrogens with zero attached hydrogens (tertiary/aromatic N) is 3. The highest BCUT2D eigenvalue weighted by atomic mass is 32.2. The summed E-state index contributed by atoms with van der Waals surface area (Å²) < 4.78 is 0. The molecule has 0 aliphatic carbocycles. The molecule has 1 aromatic rings. The van der Waals surface area contributed by atoms with E-state index in [1.807, 2.05) is 27.7 Å². The minimum absolute atomic E-state index is 0.0509. The van der Waals surface area contributed by atoms with E-state index in [1.165, 1.54) is 36.1 Å². The van der Waals surface area contributed by atoms with Crippen molar-refractivity contribution in [2.45, 2.75) is 192 Å². The standard InChI is InChI=1S/C55H95N17O14S/c1-29(2)23-39(69-45(76)34(57)25-33-26-60-28-63-33)49(80)70-40(24-30(3)4)50(81)71-44(31(5)6)52(83)67-37(18-22-87-8)48(79)65-35(13-9-10-19-56)46(77)62-27-42(73)64-32(7)53(84)72-21-12-15-41(72)51(82)66-36(16-17-43(74)75)47(78)68-38(54(85)86)14-11-20-61-55(58)59/h26,28-32,34-41,44H,9-25,27,56-57H2,1-8H3,(H,60,63)(H,62,77)(H,64,73)(H,65,79)(H,66,82)(H,67,83)(H,68,78)(H,69,76)(H,70,80)(H,71,81)(H,74,75)(H,85,86)(H4,58,59,61)/t32-,34-,35-,36-,37-,38-,39-,40-,41-,44-/m0/s1. The first-order chi connectivity index (χ1) is 41.0. The van der Waals surface area contributed by atoms with Gasteiger partial charge in [-0.3, -0.25) is 57.7 Å². The summed E-state index contributed by atoms with van der Waals surface area (Å²) in [5, 5.41) is 42.5. The molecule has 1 saturated heterocycles. The summed E-state index contributed by atoms with van der Waals surface area (Å²) >= 11 is 1.39. The Balaban J connectivity index is 2.19. The highest BCUT2D eigenvalue weighted by molar-refractivity contribution is 7.98. The second-order valence-corrected chi connectivity index (χ2v) is 23.7. The first kappa shape index (κ1) is 75.5. The van der Waals surface area contributed by atoms with E-state index >= 15 is 0 Å². The molecule has 0 bridgehead atoms. The van der Waals surface area contributed by atoms with Crippen LogP contribution in [0.1, 0.15) is 131 Å². The molecule has 2 heterocycles. The molecule has 87 heavy (non-hydrogen) atoms. The van der Waals surface area contributed by atoms with Gasteiger partial charge >= 0.3 is 11.9 Å². The number of carbonyl (C=O) groups excluding carboxylic acids is 10. The van der Waals surface area contributed by atoms with Crippen LogP contribution >= 0.6 is 11.8 Å². The molecule has 0 spiro atoms. The summed E-state index contributed by atoms with van der Waals surface area (Å²) in [5.74, 6) is -10.7. The maximum Gasteiger partial charge on any atom is 0.326 e. The SMILES string of the molecule is CSCC[C@H](NC(=O)[C@@H](NC(=O)[C@H](CC(C)C)NC(=O)[C@H](CC(C)C)NC(=O)[C@@H](N)Cc1cnc[nH]1)C(C)C)C(=O)N[C@@H](CCCCN)C(=O)NCC(=O)N[C@@H](C)C(=O)N1CCC[C@H]1C(=O)N[C@@H](CCC(=O)O)C(=O)N[C@@H](CCCN=C(N)N)C(=O)O. The number of aromatic amines is 1. The van der Waals surface area contributed by atoms with Crippen LogP contribution in [-0.2, 0) is 64.0 Å². The fourth-order valence-corrected chi connectivity index (χ4v) is 9.78. The van der Waals surface area contributed by atoms with Crippen LogP contribution in [0.25, 0.3) is 0 Å². The number of hydrogen-bond acceptors (Lipinski definition) is 17. The minimum Gasteiger partial charge on any atom is -0.481 e. The average molecular weight is 1250 g/mol. The van der Waals surface area contributed by atoms with Crippen molar-refractivity contribution in [3.05, 3.63) is 18.2 Å². The highest BCUT2D eigenvalue weighted by Crippen LogP contribution is 2.20. The summed E-state index contributed by atoms with van der Waals surface area (Å²) in [7, 11) is 0. The summed E-state index contributed by atoms with van der Waals surface area (Å²) in [6.45, 7) is 11.9. The number of carboxylic acids is 2. The molecule has 32 heteroatoms. The molecule has 1 fully saturated rings. The molecule has 0 radical (unpaired) electrons. The number of nitrogens with one attached hydrogen (secondary N) is 10. The van der Waals surface area contributed by atoms with Gasteiger partial charge in [-0.25, -0.2) is 9.78 Å². The number of aliphatic carboxylic acids is 2. The lowest BCUT2D eigenvalue weighted by Gasteiger charge is -2.29. The van der Waals surface area contributed by atoms with Crippen LogP contribution in [-0.4, -0.2) is 201 Å². The monoisotopic (exact) mass is 1250 g/mol. The van der Waals surface area contributed by atoms with E-state index in [2.05, 4.69) is 62.8 Å². The van der Waals surface area contributed by atoms with Crippen molar-refractivity contribution in [1.29, 1.82) is 0 Å². The Morgan fingerprint density at radius 1 is 0.690 bits per heavy atom. The van der Waals surface area contributed by atoms with Crippen LogP contribution in [0.3, 0.4) is 0 Å². The second kappa shape index (κ2) is 39.2. The van der Waals surface area contributed by atoms with Gasteiger partial charge in [0.05, 0.1) is 18.9 Å². The predicted octanol–water partition coefficient (Wildman–Crippen LogP) is -3.08. The molecule has 1 aliphatic heterocycles. The van der Waals surface area contributed by atoms with Gasteiger partial charge in [0, 0.05) is 37.8 Å². The number of likely N-dealkylation sites (tertiary alicyclic amines) is 1. The molecule has 10 atom stereocenters. The molecule has 490 valence electrons. The molecule has 2 rings (SSSR count). The van der Waals surface area contributed by atoms with Gasteiger partial charge in [-0.15, -0.1) is 0 Å². The zero-order valence-electron chi connectivity index (χ0n) is 51.2. The highest BCUT2D eigenvalue weighted by Gasteiger charge is 2.39. The van der Waals surface area contributed by atoms with Crippen LogP contribution in [0.5, 0.6) is 0 Å². The number of thioether (sulfide) groups is 1. The van der Waals surface area contributed by atoms with Crippen molar-refractivity contribution in [3.63, 3.8) is 0 Å². The average Bonchev–Trinajstić information content (AvgIpc) is 4.39. The number of amides is 10. The number of H-pyrrole nitrogens is 1. The summed E-state index contributed by atoms with van der Waals surface area (Å²) in [6, 6.07) is -12.2. The number of carboxylic acid groups (broad SMARTS) is 2. The predicted molar refractivity (Wildman–Crippen MR) is 323 cm³/mol. The smallest absolute Gasteiger partial charge is 0.326 e. The number of hydrogen-bond donors (Lipinski definition) is 16. The molecule has 0 saturated carbocycles. The fourth-order valence-electron chi connectivity index (χ4n) is 9.31. The van der Waals surface area contributed by atoms with Crippen molar-refractivity contribution in [2.24, 2.45) is 45.7 Å². The summed E-state index contributed by atoms with van der Waals surface area (Å²) in [5.41, 5.74) is 23.2. The molecule has 10 amide bonds. The van der Waals surface area contributed by atoms with Crippen molar-refractivity contribution in [1.82, 2.24) is 62.7 Å². The fraction of sp³-hybridized carbons (Fsp3) is 0.709. The van der Waals surface area contributed by atoms with Crippen LogP contribution in [0, 0.1) is 17.8 Å². The quantitative estimate of drug-likeness (QED) is 0.0176. The van der Waals surface area contributed by atoms with Crippen molar-refractivity contribution in [3.8, 4) is 0 Å². The van der Waals surface area contributed by atoms with E-state index in [-0.39, 0.29) is 88.8 Å². The molecule has 1 aliphatic rings. The molecular formula is C55H95N17O14S. The normalized spacial score (nSPS) is 16.1. The van der Waals surface area contributed by atoms with Gasteiger partial charge in [0.2, 0.25) is 59.1 Å². The first-order valence-electron chi connectivity index (χ1n) is 29.4. The van der Waals surface area contributed by atoms with Gasteiger partial charge in [-0.1, -0.05) is 41.5 Å². The van der Waals surface area contributed by atoms with E-state index in [0.717, 1.165) is 0 Å². The summed E-state index contributed by atoms with van der Waals surface area (Å²) in [4.78, 5) is 173. The zero-order valence-corrected chi connectivity index (χ0v) is 52.1. The number of carbonyl (C=O) groups is 12. The Morgan fingerprint density at radius 3 is 1.79 bits per heavy atom. The number of nitrogens with two attached hydrogens (primary N) is 4. The molecule has 0 unspecified atom stereocenters. The van der Waals surface area contributed by atoms with Crippen LogP contribution in [0.15, 0.2) is 17.5 Å². The van der Waals surface area contributed by atoms with Gasteiger partial charge < -0.3 is 90.9 Å². The molecular weight excluding hydrogens is 1150 g/mol. The van der Waals surface area contributed by atoms with Crippen molar-refractivity contribution >= 4 is 88.7 Å². The van der Waals surface area contributed by atoms with E-state index in [4.69, 9.17) is 22.9 Å². The minimum atomic E-state index is -1.51. The molecule has 20 N–H and O–H groups in total. The van der Waals surface area contributed by atoms with E-state index < -0.39 is 157 Å². The third kappa shape index (κ3) is 28.2. The number of imidazole rings is 1. The van der Waals surface area contributed by atoms with E-state index in [0.29, 0.717) is 30.7 Å². The van der Waals surface area contributed by atoms with Crippen LogP contribution in [0.2, 0.25) is 0 Å². The lowest BCUT2D eigenvalue weighted by atomic mass is 9.98. The lowest BCUT2D eigenvalue weighted by Crippen LogP contribution is -2.61. The summed E-state index contributed by atoms with van der Waals surface area (Å²) in [6.07, 6.45) is 5.85. The van der Waals surface area contributed by atoms with Gasteiger partial charge in [0.15, 0.2) is 5.96 Å². The van der Waals surface area contributed by atoms with Crippen LogP contribution < -0.4 is 70.8 Å². The van der Waals surface area contributed by atoms with Gasteiger partial charge in [0.25, 0.3) is 0 Å². The molecule has 31 nitrogen and oxygen atoms in total. The molecule has 1 aromatic heterocycles. The number of aliphatic imine (C=N–C) groups is 1.